The average Bonchev–Trinajstić information content (AvgIpc) is 2.26. The third-order valence-electron chi connectivity index (χ3n) is 4.43. The van der Waals surface area contributed by atoms with Crippen molar-refractivity contribution >= 4 is 0 Å². The maximum absolute atomic E-state index is 4.13. The lowest BCUT2D eigenvalue weighted by Gasteiger charge is -2.36. The van der Waals surface area contributed by atoms with Gasteiger partial charge in [0.1, 0.15) is 0 Å². The van der Waals surface area contributed by atoms with Crippen LogP contribution in [-0.2, 0) is 0 Å². The van der Waals surface area contributed by atoms with E-state index in [2.05, 4.69) is 27.4 Å². The zero-order valence-corrected chi connectivity index (χ0v) is 10.9. The molecule has 0 heteroatoms. The van der Waals surface area contributed by atoms with Crippen molar-refractivity contribution in [3.8, 4) is 0 Å². The molecule has 1 rings (SSSR count). The molecule has 0 heterocycles. The zero-order valence-electron chi connectivity index (χ0n) is 10.9. The van der Waals surface area contributed by atoms with Gasteiger partial charge >= 0.3 is 0 Å². The molecule has 0 nitrogen and oxygen atoms in total. The topological polar surface area (TPSA) is 0 Å². The van der Waals surface area contributed by atoms with Gasteiger partial charge in [0.25, 0.3) is 0 Å². The minimum Gasteiger partial charge on any atom is -0.0999 e. The predicted octanol–water partition coefficient (Wildman–Crippen LogP) is 5.20. The maximum Gasteiger partial charge on any atom is -0.0320 e. The molecule has 0 aromatic carbocycles. The van der Waals surface area contributed by atoms with Gasteiger partial charge in [-0.25, -0.2) is 0 Å². The number of hydrogen-bond donors (Lipinski definition) is 0. The van der Waals surface area contributed by atoms with Crippen LogP contribution < -0.4 is 0 Å². The Morgan fingerprint density at radius 2 is 2.00 bits per heavy atom. The molecule has 0 aliphatic heterocycles. The third kappa shape index (κ3) is 3.66. The van der Waals surface area contributed by atoms with Crippen molar-refractivity contribution in [3.63, 3.8) is 0 Å². The quantitative estimate of drug-likeness (QED) is 0.545. The van der Waals surface area contributed by atoms with Crippen molar-refractivity contribution in [2.24, 2.45) is 17.8 Å². The van der Waals surface area contributed by atoms with Crippen LogP contribution >= 0.6 is 0 Å². The Morgan fingerprint density at radius 1 is 1.27 bits per heavy atom. The Kier molecular flexibility index (Phi) is 5.42. The molecule has 0 bridgehead atoms. The van der Waals surface area contributed by atoms with E-state index in [9.17, 15) is 0 Å². The molecule has 1 fully saturated rings. The van der Waals surface area contributed by atoms with E-state index >= 15 is 0 Å². The van der Waals surface area contributed by atoms with Crippen LogP contribution in [0.1, 0.15) is 65.7 Å². The third-order valence-corrected chi connectivity index (χ3v) is 4.43. The van der Waals surface area contributed by atoms with Crippen LogP contribution in [0.5, 0.6) is 0 Å². The van der Waals surface area contributed by atoms with Gasteiger partial charge < -0.3 is 0 Å². The Morgan fingerprint density at radius 3 is 2.60 bits per heavy atom. The fourth-order valence-electron chi connectivity index (χ4n) is 3.17. The summed E-state index contributed by atoms with van der Waals surface area (Å²) in [4.78, 5) is 0. The van der Waals surface area contributed by atoms with E-state index in [0.717, 1.165) is 24.2 Å². The molecule has 3 unspecified atom stereocenters. The van der Waals surface area contributed by atoms with Gasteiger partial charge in [-0.1, -0.05) is 58.6 Å². The van der Waals surface area contributed by atoms with Crippen LogP contribution in [0.25, 0.3) is 0 Å². The monoisotopic (exact) mass is 208 g/mol. The van der Waals surface area contributed by atoms with E-state index in [1.54, 1.807) is 0 Å². The van der Waals surface area contributed by atoms with Crippen molar-refractivity contribution in [2.75, 3.05) is 0 Å². The second-order valence-electron chi connectivity index (χ2n) is 5.38. The second-order valence-corrected chi connectivity index (χ2v) is 5.38. The highest BCUT2D eigenvalue weighted by Crippen LogP contribution is 2.39. The number of rotatable bonds is 5. The minimum absolute atomic E-state index is 0.952. The van der Waals surface area contributed by atoms with E-state index in [1.165, 1.54) is 44.1 Å². The van der Waals surface area contributed by atoms with Gasteiger partial charge in [-0.2, -0.15) is 0 Å². The first-order valence-corrected chi connectivity index (χ1v) is 6.85. The lowest BCUT2D eigenvalue weighted by Crippen LogP contribution is -2.26. The summed E-state index contributed by atoms with van der Waals surface area (Å²) < 4.78 is 0. The molecule has 0 radical (unpaired) electrons. The molecule has 15 heavy (non-hydrogen) atoms. The van der Waals surface area contributed by atoms with Crippen molar-refractivity contribution < 1.29 is 0 Å². The molecular weight excluding hydrogens is 180 g/mol. The number of hydrogen-bond acceptors (Lipinski definition) is 0. The lowest BCUT2D eigenvalue weighted by molar-refractivity contribution is 0.150. The van der Waals surface area contributed by atoms with Gasteiger partial charge in [0, 0.05) is 0 Å². The minimum atomic E-state index is 0.952. The fourth-order valence-corrected chi connectivity index (χ4v) is 3.17. The molecule has 0 saturated heterocycles. The van der Waals surface area contributed by atoms with Crippen molar-refractivity contribution in [2.45, 2.75) is 65.7 Å². The smallest absolute Gasteiger partial charge is 0.0320 e. The summed E-state index contributed by atoms with van der Waals surface area (Å²) in [6.07, 6.45) is 9.61. The van der Waals surface area contributed by atoms with Gasteiger partial charge in [-0.05, 0) is 37.0 Å². The Labute approximate surface area is 96.2 Å². The fraction of sp³-hybridized carbons (Fsp3) is 0.867. The van der Waals surface area contributed by atoms with Crippen LogP contribution in [0.3, 0.4) is 0 Å². The molecule has 88 valence electrons. The van der Waals surface area contributed by atoms with E-state index in [1.807, 2.05) is 0 Å². The van der Waals surface area contributed by atoms with Crippen LogP contribution in [0, 0.1) is 17.8 Å². The van der Waals surface area contributed by atoms with E-state index in [0.29, 0.717) is 0 Å². The Balaban J connectivity index is 2.43. The first-order chi connectivity index (χ1) is 7.19. The summed E-state index contributed by atoms with van der Waals surface area (Å²) in [5.74, 6) is 2.93. The van der Waals surface area contributed by atoms with Crippen LogP contribution in [-0.4, -0.2) is 0 Å². The highest BCUT2D eigenvalue weighted by atomic mass is 14.3. The van der Waals surface area contributed by atoms with E-state index < -0.39 is 0 Å². The molecule has 0 aromatic heterocycles. The maximum atomic E-state index is 4.13. The first kappa shape index (κ1) is 12.8. The molecule has 3 atom stereocenters. The highest BCUT2D eigenvalue weighted by molar-refractivity contribution is 4.94. The summed E-state index contributed by atoms with van der Waals surface area (Å²) in [6.45, 7) is 11.2. The molecule has 0 aromatic rings. The Bertz CT molecular complexity index is 192. The molecule has 0 spiro atoms. The van der Waals surface area contributed by atoms with Gasteiger partial charge in [-0.3, -0.25) is 0 Å². The van der Waals surface area contributed by atoms with Gasteiger partial charge in [0.05, 0.1) is 0 Å². The summed E-state index contributed by atoms with van der Waals surface area (Å²) >= 11 is 0. The van der Waals surface area contributed by atoms with Crippen molar-refractivity contribution in [1.82, 2.24) is 0 Å². The standard InChI is InChI=1S/C15H28/c1-5-12(3)10-11-15-13(4)8-7-9-14(15)6-2/h13-15H,3,5-11H2,1-2,4H3. The van der Waals surface area contributed by atoms with Gasteiger partial charge in [0.15, 0.2) is 0 Å². The molecular formula is C15H28. The van der Waals surface area contributed by atoms with E-state index in [4.69, 9.17) is 0 Å². The average molecular weight is 208 g/mol. The van der Waals surface area contributed by atoms with Crippen molar-refractivity contribution in [1.29, 1.82) is 0 Å². The van der Waals surface area contributed by atoms with Crippen LogP contribution in [0.15, 0.2) is 12.2 Å². The van der Waals surface area contributed by atoms with Gasteiger partial charge in [-0.15, -0.1) is 0 Å². The SMILES string of the molecule is C=C(CC)CCC1C(C)CCCC1CC. The lowest BCUT2D eigenvalue weighted by atomic mass is 9.69. The first-order valence-electron chi connectivity index (χ1n) is 6.85. The van der Waals surface area contributed by atoms with Crippen LogP contribution in [0.4, 0.5) is 0 Å². The Hall–Kier alpha value is -0.260. The van der Waals surface area contributed by atoms with Crippen LogP contribution in [0.2, 0.25) is 0 Å². The summed E-state index contributed by atoms with van der Waals surface area (Å²) in [7, 11) is 0. The zero-order chi connectivity index (χ0) is 11.3. The normalized spacial score (nSPS) is 31.5. The summed E-state index contributed by atoms with van der Waals surface area (Å²) in [6, 6.07) is 0. The molecule has 1 saturated carbocycles. The van der Waals surface area contributed by atoms with Gasteiger partial charge in [0.2, 0.25) is 0 Å². The second kappa shape index (κ2) is 6.35. The molecule has 1 aliphatic carbocycles. The van der Waals surface area contributed by atoms with Crippen molar-refractivity contribution in [3.05, 3.63) is 12.2 Å². The highest BCUT2D eigenvalue weighted by Gasteiger charge is 2.28. The largest absolute Gasteiger partial charge is 0.0999 e. The predicted molar refractivity (Wildman–Crippen MR) is 69.0 cm³/mol. The molecule has 0 amide bonds. The number of allylic oxidation sites excluding steroid dienone is 1. The summed E-state index contributed by atoms with van der Waals surface area (Å²) in [5.41, 5.74) is 1.45. The molecule has 0 N–H and O–H groups in total. The molecule has 1 aliphatic rings. The van der Waals surface area contributed by atoms with E-state index in [-0.39, 0.29) is 0 Å². The summed E-state index contributed by atoms with van der Waals surface area (Å²) in [5, 5.41) is 0.